The van der Waals surface area contributed by atoms with Crippen LogP contribution in [0, 0.1) is 0 Å². The van der Waals surface area contributed by atoms with Crippen LogP contribution in [0.5, 0.6) is 11.5 Å². The zero-order chi connectivity index (χ0) is 16.7. The first kappa shape index (κ1) is 16.0. The third kappa shape index (κ3) is 4.85. The summed E-state index contributed by atoms with van der Waals surface area (Å²) < 4.78 is 5.03. The van der Waals surface area contributed by atoms with Gasteiger partial charge in [-0.2, -0.15) is 5.10 Å². The number of hydrogen-bond donors (Lipinski definition) is 3. The van der Waals surface area contributed by atoms with Crippen molar-refractivity contribution in [3.63, 3.8) is 0 Å². The molecule has 0 radical (unpaired) electrons. The van der Waals surface area contributed by atoms with Crippen LogP contribution in [-0.2, 0) is 9.59 Å². The highest BCUT2D eigenvalue weighted by atomic mass is 16.5. The minimum Gasteiger partial charge on any atom is -0.508 e. The molecule has 2 rings (SSSR count). The van der Waals surface area contributed by atoms with Crippen molar-refractivity contribution in [1.29, 1.82) is 0 Å². The molecule has 0 spiro atoms. The summed E-state index contributed by atoms with van der Waals surface area (Å²) in [6.07, 6.45) is 1.36. The van der Waals surface area contributed by atoms with Gasteiger partial charge in [0.2, 0.25) is 0 Å². The lowest BCUT2D eigenvalue weighted by atomic mass is 10.2. The van der Waals surface area contributed by atoms with Gasteiger partial charge in [-0.05, 0) is 42.0 Å². The van der Waals surface area contributed by atoms with Crippen molar-refractivity contribution >= 4 is 23.7 Å². The predicted molar refractivity (Wildman–Crippen MR) is 85.5 cm³/mol. The van der Waals surface area contributed by atoms with Crippen LogP contribution in [0.1, 0.15) is 5.56 Å². The third-order valence-electron chi connectivity index (χ3n) is 2.81. The second kappa shape index (κ2) is 7.60. The first-order valence-electron chi connectivity index (χ1n) is 6.66. The summed E-state index contributed by atoms with van der Waals surface area (Å²) in [6, 6.07) is 12.8. The van der Waals surface area contributed by atoms with E-state index in [0.29, 0.717) is 17.0 Å². The van der Waals surface area contributed by atoms with Crippen molar-refractivity contribution in [2.24, 2.45) is 5.10 Å². The summed E-state index contributed by atoms with van der Waals surface area (Å²) in [5.41, 5.74) is 3.22. The van der Waals surface area contributed by atoms with E-state index < -0.39 is 11.8 Å². The quantitative estimate of drug-likeness (QED) is 0.452. The monoisotopic (exact) mass is 313 g/mol. The normalized spacial score (nSPS) is 10.3. The largest absolute Gasteiger partial charge is 0.508 e. The fourth-order valence-electron chi connectivity index (χ4n) is 1.67. The van der Waals surface area contributed by atoms with E-state index in [0.717, 1.165) is 0 Å². The number of hydrazone groups is 1. The van der Waals surface area contributed by atoms with E-state index in [-0.39, 0.29) is 5.75 Å². The number of carbonyl (C=O) groups excluding carboxylic acids is 2. The van der Waals surface area contributed by atoms with Crippen LogP contribution in [0.3, 0.4) is 0 Å². The number of amides is 2. The molecule has 118 valence electrons. The number of rotatable bonds is 4. The molecular formula is C16H15N3O4. The van der Waals surface area contributed by atoms with E-state index in [4.69, 9.17) is 9.84 Å². The topological polar surface area (TPSA) is 100 Å². The van der Waals surface area contributed by atoms with Crippen LogP contribution in [0.25, 0.3) is 0 Å². The van der Waals surface area contributed by atoms with Crippen LogP contribution in [-0.4, -0.2) is 30.2 Å². The molecule has 0 saturated heterocycles. The molecule has 0 atom stereocenters. The molecule has 0 unspecified atom stereocenters. The highest BCUT2D eigenvalue weighted by Gasteiger charge is 2.12. The van der Waals surface area contributed by atoms with Gasteiger partial charge in [0, 0.05) is 11.8 Å². The van der Waals surface area contributed by atoms with Crippen molar-refractivity contribution in [3.05, 3.63) is 54.1 Å². The molecule has 2 amide bonds. The second-order valence-electron chi connectivity index (χ2n) is 4.48. The maximum Gasteiger partial charge on any atom is 0.329 e. The molecule has 3 N–H and O–H groups in total. The fraction of sp³-hybridized carbons (Fsp3) is 0.0625. The number of nitrogens with zero attached hydrogens (tertiary/aromatic N) is 1. The zero-order valence-corrected chi connectivity index (χ0v) is 12.3. The Kier molecular flexibility index (Phi) is 5.30. The highest BCUT2D eigenvalue weighted by Crippen LogP contribution is 2.16. The maximum absolute atomic E-state index is 11.7. The molecule has 0 saturated carbocycles. The Labute approximate surface area is 132 Å². The van der Waals surface area contributed by atoms with Gasteiger partial charge in [-0.25, -0.2) is 5.43 Å². The van der Waals surface area contributed by atoms with Gasteiger partial charge in [0.15, 0.2) is 0 Å². The molecule has 0 fully saturated rings. The summed E-state index contributed by atoms with van der Waals surface area (Å²) in [5.74, 6) is -1.05. The van der Waals surface area contributed by atoms with Crippen LogP contribution in [0.4, 0.5) is 5.69 Å². The van der Waals surface area contributed by atoms with Crippen molar-refractivity contribution < 1.29 is 19.4 Å². The molecule has 0 aliphatic carbocycles. The van der Waals surface area contributed by atoms with E-state index >= 15 is 0 Å². The van der Waals surface area contributed by atoms with Crippen molar-refractivity contribution in [1.82, 2.24) is 5.43 Å². The van der Waals surface area contributed by atoms with Crippen LogP contribution in [0.15, 0.2) is 53.6 Å². The van der Waals surface area contributed by atoms with Gasteiger partial charge in [-0.1, -0.05) is 6.07 Å². The van der Waals surface area contributed by atoms with Crippen molar-refractivity contribution in [3.8, 4) is 11.5 Å². The van der Waals surface area contributed by atoms with E-state index in [1.54, 1.807) is 36.4 Å². The summed E-state index contributed by atoms with van der Waals surface area (Å²) in [5, 5.41) is 15.3. The maximum atomic E-state index is 11.7. The lowest BCUT2D eigenvalue weighted by Crippen LogP contribution is -2.32. The minimum atomic E-state index is -0.900. The number of nitrogens with one attached hydrogen (secondary N) is 2. The molecule has 0 aromatic heterocycles. The van der Waals surface area contributed by atoms with Gasteiger partial charge >= 0.3 is 11.8 Å². The third-order valence-corrected chi connectivity index (χ3v) is 2.81. The number of methoxy groups -OCH3 is 1. The van der Waals surface area contributed by atoms with Crippen molar-refractivity contribution in [2.45, 2.75) is 0 Å². The smallest absolute Gasteiger partial charge is 0.329 e. The summed E-state index contributed by atoms with van der Waals surface area (Å²) >= 11 is 0. The number of carbonyl (C=O) groups is 2. The number of ether oxygens (including phenoxy) is 1. The van der Waals surface area contributed by atoms with Gasteiger partial charge in [0.05, 0.1) is 13.3 Å². The van der Waals surface area contributed by atoms with E-state index in [9.17, 15) is 9.59 Å². The molecule has 7 heteroatoms. The van der Waals surface area contributed by atoms with Gasteiger partial charge in [-0.15, -0.1) is 0 Å². The van der Waals surface area contributed by atoms with Crippen LogP contribution < -0.4 is 15.5 Å². The highest BCUT2D eigenvalue weighted by molar-refractivity contribution is 6.39. The Morgan fingerprint density at radius 1 is 1.13 bits per heavy atom. The van der Waals surface area contributed by atoms with E-state index in [2.05, 4.69) is 15.8 Å². The molecule has 23 heavy (non-hydrogen) atoms. The van der Waals surface area contributed by atoms with Crippen LogP contribution in [0.2, 0.25) is 0 Å². The molecule has 0 aliphatic heterocycles. The summed E-state index contributed by atoms with van der Waals surface area (Å²) in [6.45, 7) is 0. The number of phenolic OH excluding ortho intramolecular Hbond substituents is 1. The van der Waals surface area contributed by atoms with Gasteiger partial charge in [-0.3, -0.25) is 9.59 Å². The number of hydrogen-bond acceptors (Lipinski definition) is 5. The standard InChI is InChI=1S/C16H15N3O4/c1-23-14-4-2-3-12(9-14)18-15(21)16(22)19-17-10-11-5-7-13(20)8-6-11/h2-10,20H,1H3,(H,18,21)(H,19,22)/b17-10+. The second-order valence-corrected chi connectivity index (χ2v) is 4.48. The average molecular weight is 313 g/mol. The van der Waals surface area contributed by atoms with Gasteiger partial charge < -0.3 is 15.2 Å². The summed E-state index contributed by atoms with van der Waals surface area (Å²) in [7, 11) is 1.51. The van der Waals surface area contributed by atoms with E-state index in [1.807, 2.05) is 0 Å². The molecule has 0 bridgehead atoms. The Morgan fingerprint density at radius 3 is 2.57 bits per heavy atom. The average Bonchev–Trinajstić information content (AvgIpc) is 2.56. The lowest BCUT2D eigenvalue weighted by Gasteiger charge is -2.05. The Morgan fingerprint density at radius 2 is 1.87 bits per heavy atom. The summed E-state index contributed by atoms with van der Waals surface area (Å²) in [4.78, 5) is 23.4. The Bertz CT molecular complexity index is 726. The molecular weight excluding hydrogens is 298 g/mol. The predicted octanol–water partition coefficient (Wildman–Crippen LogP) is 1.49. The fourth-order valence-corrected chi connectivity index (χ4v) is 1.67. The number of anilines is 1. The number of benzene rings is 2. The van der Waals surface area contributed by atoms with Crippen molar-refractivity contribution in [2.75, 3.05) is 12.4 Å². The first-order chi connectivity index (χ1) is 11.1. The zero-order valence-electron chi connectivity index (χ0n) is 12.3. The van der Waals surface area contributed by atoms with E-state index in [1.165, 1.54) is 25.5 Å². The van der Waals surface area contributed by atoms with Gasteiger partial charge in [0.1, 0.15) is 11.5 Å². The SMILES string of the molecule is COc1cccc(NC(=O)C(=O)N/N=C/c2ccc(O)cc2)c1. The first-order valence-corrected chi connectivity index (χ1v) is 6.66. The number of aromatic hydroxyl groups is 1. The number of phenols is 1. The molecule has 2 aromatic carbocycles. The Balaban J connectivity index is 1.89. The minimum absolute atomic E-state index is 0.129. The van der Waals surface area contributed by atoms with Crippen LogP contribution >= 0.6 is 0 Å². The molecule has 0 heterocycles. The lowest BCUT2D eigenvalue weighted by molar-refractivity contribution is -0.136. The van der Waals surface area contributed by atoms with Gasteiger partial charge in [0.25, 0.3) is 0 Å². The Hall–Kier alpha value is -3.35. The molecule has 0 aliphatic rings. The molecule has 2 aromatic rings. The molecule has 7 nitrogen and oxygen atoms in total.